The zero-order valence-corrected chi connectivity index (χ0v) is 22.3. The molecule has 0 aliphatic heterocycles. The van der Waals surface area contributed by atoms with Crippen molar-refractivity contribution < 1.29 is 27.3 Å². The van der Waals surface area contributed by atoms with Gasteiger partial charge in [-0.2, -0.15) is 17.9 Å². The Kier molecular flexibility index (Phi) is 6.80. The van der Waals surface area contributed by atoms with Gasteiger partial charge in [0.25, 0.3) is 17.0 Å². The third kappa shape index (κ3) is 4.74. The highest BCUT2D eigenvalue weighted by Crippen LogP contribution is 2.29. The Hall–Kier alpha value is -5.47. The maximum Gasteiger partial charge on any atom is 0.451 e. The summed E-state index contributed by atoms with van der Waals surface area (Å²) >= 11 is 0. The van der Waals surface area contributed by atoms with Crippen molar-refractivity contribution in [1.29, 1.82) is 0 Å². The highest BCUT2D eigenvalue weighted by atomic mass is 19.4. The van der Waals surface area contributed by atoms with Gasteiger partial charge < -0.3 is 15.6 Å². The molecular formula is C27H22F3N7O5. The van der Waals surface area contributed by atoms with Crippen molar-refractivity contribution in [3.05, 3.63) is 92.1 Å². The number of carbonyl (C=O) groups excluding carboxylic acids is 2. The molecular weight excluding hydrogens is 559 g/mol. The molecule has 0 aliphatic rings. The molecule has 0 bridgehead atoms. The molecule has 0 radical (unpaired) electrons. The van der Waals surface area contributed by atoms with Crippen molar-refractivity contribution in [2.75, 3.05) is 5.32 Å². The zero-order valence-electron chi connectivity index (χ0n) is 22.3. The summed E-state index contributed by atoms with van der Waals surface area (Å²) in [6, 6.07) is 11.6. The lowest BCUT2D eigenvalue weighted by Crippen LogP contribution is -2.21. The molecule has 0 fully saturated rings. The van der Waals surface area contributed by atoms with E-state index >= 15 is 0 Å². The number of rotatable bonds is 6. The second-order valence-electron chi connectivity index (χ2n) is 9.19. The maximum atomic E-state index is 13.8. The number of hydrogen-bond acceptors (Lipinski definition) is 7. The second-order valence-corrected chi connectivity index (χ2v) is 9.19. The molecule has 12 nitrogen and oxygen atoms in total. The van der Waals surface area contributed by atoms with E-state index in [9.17, 15) is 32.3 Å². The Bertz CT molecular complexity index is 2000. The number of anilines is 1. The molecule has 42 heavy (non-hydrogen) atoms. The molecule has 3 aromatic heterocycles. The molecule has 2 amide bonds. The van der Waals surface area contributed by atoms with Crippen LogP contribution in [0.2, 0.25) is 0 Å². The molecule has 3 heterocycles. The van der Waals surface area contributed by atoms with Crippen LogP contribution in [-0.2, 0) is 19.8 Å². The van der Waals surface area contributed by atoms with E-state index in [1.807, 2.05) is 0 Å². The fraction of sp³-hybridized carbons (Fsp3) is 0.185. The first kappa shape index (κ1) is 28.1. The summed E-state index contributed by atoms with van der Waals surface area (Å²) in [4.78, 5) is 57.9. The van der Waals surface area contributed by atoms with Crippen LogP contribution in [0.15, 0.2) is 62.6 Å². The van der Waals surface area contributed by atoms with Gasteiger partial charge in [-0.1, -0.05) is 18.2 Å². The van der Waals surface area contributed by atoms with Gasteiger partial charge in [-0.25, -0.2) is 14.6 Å². The minimum absolute atomic E-state index is 0.0358. The van der Waals surface area contributed by atoms with E-state index in [4.69, 9.17) is 10.3 Å². The monoisotopic (exact) mass is 581 g/mol. The number of benzene rings is 2. The predicted molar refractivity (Wildman–Crippen MR) is 144 cm³/mol. The molecule has 5 rings (SSSR count). The molecule has 0 spiro atoms. The predicted octanol–water partition coefficient (Wildman–Crippen LogP) is 3.24. The van der Waals surface area contributed by atoms with E-state index in [0.29, 0.717) is 16.9 Å². The Labute approximate surface area is 233 Å². The smallest absolute Gasteiger partial charge is 0.381 e. The minimum atomic E-state index is -5.07. The summed E-state index contributed by atoms with van der Waals surface area (Å²) in [6.45, 7) is 3.28. The van der Waals surface area contributed by atoms with Crippen molar-refractivity contribution in [2.24, 2.45) is 12.8 Å². The molecule has 5 aromatic rings. The largest absolute Gasteiger partial charge is 0.451 e. The van der Waals surface area contributed by atoms with Gasteiger partial charge in [0, 0.05) is 24.8 Å². The normalized spacial score (nSPS) is 11.7. The molecule has 0 saturated heterocycles. The van der Waals surface area contributed by atoms with Crippen LogP contribution in [0, 0.1) is 6.92 Å². The van der Waals surface area contributed by atoms with Crippen molar-refractivity contribution in [3.63, 3.8) is 0 Å². The van der Waals surface area contributed by atoms with E-state index in [0.717, 1.165) is 9.42 Å². The van der Waals surface area contributed by atoms with Gasteiger partial charge in [-0.3, -0.25) is 23.9 Å². The van der Waals surface area contributed by atoms with E-state index in [1.165, 1.54) is 48.1 Å². The van der Waals surface area contributed by atoms with Gasteiger partial charge in [0.15, 0.2) is 11.2 Å². The number of halogens is 3. The lowest BCUT2D eigenvalue weighted by atomic mass is 10.1. The number of nitrogens with two attached hydrogens (primary N) is 1. The molecule has 3 N–H and O–H groups in total. The molecule has 0 unspecified atom stereocenters. The third-order valence-corrected chi connectivity index (χ3v) is 6.48. The van der Waals surface area contributed by atoms with Crippen LogP contribution >= 0.6 is 0 Å². The molecule has 0 saturated carbocycles. The third-order valence-electron chi connectivity index (χ3n) is 6.48. The zero-order chi connectivity index (χ0) is 30.5. The number of carbonyl (C=O) groups is 2. The first-order valence-corrected chi connectivity index (χ1v) is 12.4. The summed E-state index contributed by atoms with van der Waals surface area (Å²) in [7, 11) is 1.46. The van der Waals surface area contributed by atoms with Crippen LogP contribution in [-0.4, -0.2) is 35.9 Å². The summed E-state index contributed by atoms with van der Waals surface area (Å²) in [5.41, 5.74) is 3.58. The van der Waals surface area contributed by atoms with E-state index in [-0.39, 0.29) is 34.6 Å². The quantitative estimate of drug-likeness (QED) is 0.311. The van der Waals surface area contributed by atoms with Crippen LogP contribution in [0.1, 0.15) is 39.4 Å². The lowest BCUT2D eigenvalue weighted by Gasteiger charge is -2.13. The Morgan fingerprint density at radius 3 is 2.31 bits per heavy atom. The van der Waals surface area contributed by atoms with E-state index in [2.05, 4.69) is 15.3 Å². The first-order chi connectivity index (χ1) is 19.8. The van der Waals surface area contributed by atoms with Crippen molar-refractivity contribution in [1.82, 2.24) is 24.1 Å². The number of aromatic nitrogens is 5. The number of fused-ring (bicyclic) bond motifs is 1. The topological polar surface area (TPSA) is 160 Å². The summed E-state index contributed by atoms with van der Waals surface area (Å²) in [5, 5.41) is 2.41. The summed E-state index contributed by atoms with van der Waals surface area (Å²) in [6.07, 6.45) is -5.07. The minimum Gasteiger partial charge on any atom is -0.381 e. The number of nitrogens with one attached hydrogen (secondary N) is 1. The SMILES string of the molecule is CCn1c2c(C(=O)Nc3cccc(C(N)=O)c3)nc(C(F)(F)F)nc2c(=O)n1-c1ccc(-c2c(C)on(C)c2=O)cc1. The highest BCUT2D eigenvalue weighted by molar-refractivity contribution is 6.10. The summed E-state index contributed by atoms with van der Waals surface area (Å²) in [5.74, 6) is -3.15. The maximum absolute atomic E-state index is 13.8. The molecule has 0 aliphatic carbocycles. The Balaban J connectivity index is 1.69. The van der Waals surface area contributed by atoms with Gasteiger partial charge in [0.1, 0.15) is 11.3 Å². The average molecular weight is 582 g/mol. The first-order valence-electron chi connectivity index (χ1n) is 12.4. The number of nitrogens with zero attached hydrogens (tertiary/aromatic N) is 5. The number of aryl methyl sites for hydroxylation is 3. The van der Waals surface area contributed by atoms with Crippen molar-refractivity contribution in [2.45, 2.75) is 26.6 Å². The van der Waals surface area contributed by atoms with Crippen LogP contribution in [0.3, 0.4) is 0 Å². The molecule has 15 heteroatoms. The average Bonchev–Trinajstić information content (AvgIpc) is 3.38. The van der Waals surface area contributed by atoms with Crippen molar-refractivity contribution >= 4 is 28.5 Å². The van der Waals surface area contributed by atoms with E-state index in [1.54, 1.807) is 26.0 Å². The second kappa shape index (κ2) is 10.2. The van der Waals surface area contributed by atoms with Gasteiger partial charge in [0.05, 0.1) is 11.3 Å². The fourth-order valence-electron chi connectivity index (χ4n) is 4.64. The van der Waals surface area contributed by atoms with Gasteiger partial charge >= 0.3 is 6.18 Å². The number of primary amides is 1. The standard InChI is InChI=1S/C27H22F3N7O5/c1-4-36-21-19(23(39)32-16-7-5-6-15(12-16)22(31)38)33-26(27(28,29)30)34-20(21)25(41)37(36)17-10-8-14(9-11-17)18-13(2)42-35(3)24(18)40/h5-12H,4H2,1-3H3,(H2,31,38)(H,32,39). The van der Waals surface area contributed by atoms with Crippen LogP contribution in [0.4, 0.5) is 18.9 Å². The highest BCUT2D eigenvalue weighted by Gasteiger charge is 2.38. The van der Waals surface area contributed by atoms with Gasteiger partial charge in [0.2, 0.25) is 11.7 Å². The van der Waals surface area contributed by atoms with E-state index < -0.39 is 40.6 Å². The molecule has 216 valence electrons. The number of alkyl halides is 3. The fourth-order valence-corrected chi connectivity index (χ4v) is 4.64. The Morgan fingerprint density at radius 1 is 1.05 bits per heavy atom. The molecule has 0 atom stereocenters. The summed E-state index contributed by atoms with van der Waals surface area (Å²) < 4.78 is 50.1. The number of hydrogen-bond donors (Lipinski definition) is 2. The van der Waals surface area contributed by atoms with Gasteiger partial charge in [-0.15, -0.1) is 0 Å². The van der Waals surface area contributed by atoms with Crippen molar-refractivity contribution in [3.8, 4) is 16.8 Å². The van der Waals surface area contributed by atoms with Gasteiger partial charge in [-0.05, 0) is 49.7 Å². The van der Waals surface area contributed by atoms with Crippen LogP contribution in [0.5, 0.6) is 0 Å². The molecule has 2 aromatic carbocycles. The lowest BCUT2D eigenvalue weighted by molar-refractivity contribution is -0.144. The van der Waals surface area contributed by atoms with Crippen LogP contribution < -0.4 is 22.2 Å². The van der Waals surface area contributed by atoms with Crippen LogP contribution in [0.25, 0.3) is 27.8 Å². The number of amides is 2. The Morgan fingerprint density at radius 2 is 1.74 bits per heavy atom.